The number of rotatable bonds is 4. The predicted octanol–water partition coefficient (Wildman–Crippen LogP) is 5.16. The van der Waals surface area contributed by atoms with Crippen LogP contribution in [0.1, 0.15) is 61.2 Å². The summed E-state index contributed by atoms with van der Waals surface area (Å²) in [6.45, 7) is -4.84. The minimum absolute atomic E-state index is 0.00394. The number of alkyl halides is 3. The molecule has 3 rings (SSSR count). The summed E-state index contributed by atoms with van der Waals surface area (Å²) in [5.74, 6) is -0.700. The summed E-state index contributed by atoms with van der Waals surface area (Å²) in [4.78, 5) is 12.5. The first-order valence-corrected chi connectivity index (χ1v) is 9.20. The minimum atomic E-state index is -4.60. The molecule has 1 amide bonds. The Bertz CT molecular complexity index is 1040. The average Bonchev–Trinajstić information content (AvgIpc) is 3.13. The van der Waals surface area contributed by atoms with Crippen LogP contribution in [0.2, 0.25) is 5.02 Å². The summed E-state index contributed by atoms with van der Waals surface area (Å²) in [6.07, 6.45) is -2.39. The van der Waals surface area contributed by atoms with Crippen LogP contribution in [0, 0.1) is 19.6 Å². The fourth-order valence-corrected chi connectivity index (χ4v) is 3.63. The normalized spacial score (nSPS) is 24.3. The van der Waals surface area contributed by atoms with E-state index >= 15 is 0 Å². The van der Waals surface area contributed by atoms with Gasteiger partial charge in [-0.15, -0.1) is 0 Å². The number of aromatic nitrogens is 2. The quantitative estimate of drug-likeness (QED) is 0.743. The molecule has 28 heavy (non-hydrogen) atoms. The lowest BCUT2D eigenvalue weighted by Gasteiger charge is -2.29. The van der Waals surface area contributed by atoms with Gasteiger partial charge >= 0.3 is 6.18 Å². The minimum Gasteiger partial charge on any atom is -0.349 e. The van der Waals surface area contributed by atoms with Crippen molar-refractivity contribution >= 4 is 17.5 Å². The lowest BCUT2D eigenvalue weighted by Crippen LogP contribution is -2.38. The van der Waals surface area contributed by atoms with Crippen molar-refractivity contribution in [3.8, 4) is 0 Å². The molecule has 8 heteroatoms. The number of hydrogen-bond acceptors (Lipinski definition) is 2. The Kier molecular flexibility index (Phi) is 4.09. The summed E-state index contributed by atoms with van der Waals surface area (Å²) < 4.78 is 85.6. The molecule has 0 saturated heterocycles. The van der Waals surface area contributed by atoms with Crippen molar-refractivity contribution in [2.45, 2.75) is 58.1 Å². The van der Waals surface area contributed by atoms with Crippen LogP contribution in [0.3, 0.4) is 0 Å². The highest BCUT2D eigenvalue weighted by molar-refractivity contribution is 6.33. The summed E-state index contributed by atoms with van der Waals surface area (Å²) in [7, 11) is 0. The largest absolute Gasteiger partial charge is 0.416 e. The summed E-state index contributed by atoms with van der Waals surface area (Å²) in [5.41, 5.74) is -1.65. The van der Waals surface area contributed by atoms with E-state index in [-0.39, 0.29) is 40.5 Å². The number of aryl methyl sites for hydroxylation is 2. The molecule has 1 aliphatic rings. The molecule has 1 fully saturated rings. The monoisotopic (exact) mass is 419 g/mol. The number of amides is 1. The second-order valence-electron chi connectivity index (χ2n) is 6.98. The molecule has 152 valence electrons. The van der Waals surface area contributed by atoms with Gasteiger partial charge < -0.3 is 5.32 Å². The van der Waals surface area contributed by atoms with Crippen LogP contribution in [-0.4, -0.2) is 21.7 Å². The van der Waals surface area contributed by atoms with E-state index in [2.05, 4.69) is 10.4 Å². The Morgan fingerprint density at radius 2 is 2.04 bits per heavy atom. The van der Waals surface area contributed by atoms with Gasteiger partial charge in [0.15, 0.2) is 0 Å². The number of halogens is 4. The van der Waals surface area contributed by atoms with Crippen molar-refractivity contribution in [1.29, 1.82) is 0 Å². The van der Waals surface area contributed by atoms with Crippen LogP contribution in [0.15, 0.2) is 24.3 Å². The fraction of sp³-hybridized carbons (Fsp3) is 0.500. The molecule has 1 heterocycles. The van der Waals surface area contributed by atoms with E-state index in [0.717, 1.165) is 24.3 Å². The zero-order valence-corrected chi connectivity index (χ0v) is 15.6. The maximum atomic E-state index is 13.0. The number of carbonyl (C=O) groups excluding carboxylic acids is 1. The van der Waals surface area contributed by atoms with Gasteiger partial charge in [-0.05, 0) is 69.6 Å². The van der Waals surface area contributed by atoms with E-state index in [1.54, 1.807) is 0 Å². The van der Waals surface area contributed by atoms with Crippen LogP contribution in [0.4, 0.5) is 13.2 Å². The first kappa shape index (κ1) is 14.0. The van der Waals surface area contributed by atoms with Gasteiger partial charge in [-0.2, -0.15) is 18.3 Å². The molecule has 0 bridgehead atoms. The molecule has 0 spiro atoms. The van der Waals surface area contributed by atoms with Gasteiger partial charge in [-0.3, -0.25) is 9.48 Å². The number of nitrogens with zero attached hydrogens (tertiary/aromatic N) is 2. The highest BCUT2D eigenvalue weighted by Crippen LogP contribution is 2.32. The summed E-state index contributed by atoms with van der Waals surface area (Å²) >= 11 is 5.93. The van der Waals surface area contributed by atoms with Crippen molar-refractivity contribution in [2.24, 2.45) is 5.92 Å². The first-order chi connectivity index (χ1) is 15.6. The molecule has 1 saturated carbocycles. The Morgan fingerprint density at radius 1 is 1.29 bits per heavy atom. The van der Waals surface area contributed by atoms with Crippen molar-refractivity contribution in [1.82, 2.24) is 15.1 Å². The molecule has 1 aliphatic carbocycles. The van der Waals surface area contributed by atoms with E-state index in [1.165, 1.54) is 4.68 Å². The zero-order chi connectivity index (χ0) is 25.5. The van der Waals surface area contributed by atoms with Crippen LogP contribution in [-0.2, 0) is 12.7 Å². The Morgan fingerprint density at radius 3 is 2.68 bits per heavy atom. The second-order valence-corrected chi connectivity index (χ2v) is 7.39. The van der Waals surface area contributed by atoms with E-state index in [4.69, 9.17) is 19.8 Å². The lowest BCUT2D eigenvalue weighted by atomic mass is 9.86. The number of carbonyl (C=O) groups is 1. The van der Waals surface area contributed by atoms with Gasteiger partial charge in [0.2, 0.25) is 0 Å². The van der Waals surface area contributed by atoms with Crippen molar-refractivity contribution in [3.63, 3.8) is 0 Å². The Labute approximate surface area is 175 Å². The first-order valence-electron chi connectivity index (χ1n) is 11.8. The molecular weight excluding hydrogens is 391 g/mol. The third-order valence-electron chi connectivity index (χ3n) is 4.93. The van der Waals surface area contributed by atoms with E-state index in [9.17, 15) is 18.0 Å². The predicted molar refractivity (Wildman–Crippen MR) is 101 cm³/mol. The third kappa shape index (κ3) is 4.87. The third-order valence-corrected chi connectivity index (χ3v) is 5.26. The van der Waals surface area contributed by atoms with E-state index in [1.807, 2.05) is 0 Å². The standard InChI is InChI=1S/C20H23ClF3N3O/c1-12-9-13(2)27(26-12)11-14-3-6-16(7-4-14)25-19(28)17-10-15(20(22,23)24)5-8-18(17)21/h5,8-10,14,16H,3-4,6-7,11H2,1-2H3,(H,25,28)/i1D3,2D3. The molecular formula is C20H23ClF3N3O. The molecule has 2 aromatic rings. The lowest BCUT2D eigenvalue weighted by molar-refractivity contribution is -0.137. The van der Waals surface area contributed by atoms with Gasteiger partial charge in [0.1, 0.15) is 0 Å². The van der Waals surface area contributed by atoms with E-state index < -0.39 is 31.4 Å². The molecule has 1 aromatic heterocycles. The van der Waals surface area contributed by atoms with Crippen LogP contribution < -0.4 is 5.32 Å². The van der Waals surface area contributed by atoms with Crippen molar-refractivity contribution < 1.29 is 26.2 Å². The summed E-state index contributed by atoms with van der Waals surface area (Å²) in [6, 6.07) is 3.37. The molecule has 0 aliphatic heterocycles. The number of benzene rings is 1. The van der Waals surface area contributed by atoms with E-state index in [0.29, 0.717) is 25.7 Å². The fourth-order valence-electron chi connectivity index (χ4n) is 3.43. The van der Waals surface area contributed by atoms with Gasteiger partial charge in [0.05, 0.1) is 21.8 Å². The van der Waals surface area contributed by atoms with Gasteiger partial charge in [-0.1, -0.05) is 11.6 Å². The zero-order valence-electron chi connectivity index (χ0n) is 20.8. The molecule has 1 aromatic carbocycles. The topological polar surface area (TPSA) is 46.9 Å². The molecule has 0 atom stereocenters. The van der Waals surface area contributed by atoms with Crippen molar-refractivity contribution in [2.75, 3.05) is 0 Å². The van der Waals surface area contributed by atoms with Gasteiger partial charge in [-0.25, -0.2) is 0 Å². The SMILES string of the molecule is [2H]C([2H])([2H])c1cc(C([2H])([2H])[2H])n(CC2CCC(NC(=O)c3cc(C(F)(F)F)ccc3Cl)CC2)n1. The number of hydrogen-bond donors (Lipinski definition) is 1. The van der Waals surface area contributed by atoms with Crippen LogP contribution >= 0.6 is 11.6 Å². The highest BCUT2D eigenvalue weighted by Gasteiger charge is 2.32. The molecule has 1 N–H and O–H groups in total. The Balaban J connectivity index is 1.64. The smallest absolute Gasteiger partial charge is 0.349 e. The molecule has 0 radical (unpaired) electrons. The number of nitrogens with one attached hydrogen (secondary N) is 1. The molecule has 4 nitrogen and oxygen atoms in total. The second kappa shape index (κ2) is 8.15. The van der Waals surface area contributed by atoms with Gasteiger partial charge in [0.25, 0.3) is 5.91 Å². The maximum Gasteiger partial charge on any atom is 0.416 e. The van der Waals surface area contributed by atoms with Crippen LogP contribution in [0.5, 0.6) is 0 Å². The highest BCUT2D eigenvalue weighted by atomic mass is 35.5. The van der Waals surface area contributed by atoms with Crippen molar-refractivity contribution in [3.05, 3.63) is 51.8 Å². The van der Waals surface area contributed by atoms with Gasteiger partial charge in [0, 0.05) is 26.5 Å². The van der Waals surface area contributed by atoms with Crippen LogP contribution in [0.25, 0.3) is 0 Å². The maximum absolute atomic E-state index is 13.0. The average molecular weight is 420 g/mol. The summed E-state index contributed by atoms with van der Waals surface area (Å²) in [5, 5.41) is 6.64. The Hall–Kier alpha value is -2.02. The molecule has 0 unspecified atom stereocenters.